The second-order valence-electron chi connectivity index (χ2n) is 14.4. The highest BCUT2D eigenvalue weighted by Gasteiger charge is 2.20. The molecule has 12 rings (SSSR count). The number of hydrogen-bond acceptors (Lipinski definition) is 5. The Labute approximate surface area is 330 Å². The molecular weight excluding hydrogens is 717 g/mol. The molecule has 0 N–H and O–H groups in total. The van der Waals surface area contributed by atoms with Gasteiger partial charge in [-0.25, -0.2) is 15.0 Å². The maximum absolute atomic E-state index is 6.79. The van der Waals surface area contributed by atoms with Gasteiger partial charge in [-0.15, -0.1) is 11.3 Å². The van der Waals surface area contributed by atoms with Crippen LogP contribution in [-0.4, -0.2) is 19.5 Å². The standard InChI is InChI=1S/C51H30N4OS/c1-4-13-31(14-5-1)49-52-50(32-15-6-2-7-16-32)54-51(53-49)39-21-12-20-38-36-25-23-34(28-45(36)56-48(38)39)33-24-26-43-40(27-33)41-29-42-37-19-10-11-22-46(37)57-47(42)30-44(41)55(43)35-17-8-3-9-18-35/h1-30H. The molecule has 5 nitrogen and oxygen atoms in total. The summed E-state index contributed by atoms with van der Waals surface area (Å²) in [6, 6.07) is 63.8. The Bertz CT molecular complexity index is 3460. The predicted octanol–water partition coefficient (Wildman–Crippen LogP) is 13.9. The Hall–Kier alpha value is -7.41. The van der Waals surface area contributed by atoms with Gasteiger partial charge in [0, 0.05) is 58.5 Å². The first-order chi connectivity index (χ1) is 28.2. The number of thiophene rings is 1. The van der Waals surface area contributed by atoms with Gasteiger partial charge in [-0.05, 0) is 71.8 Å². The maximum atomic E-state index is 6.79. The van der Waals surface area contributed by atoms with E-state index in [-0.39, 0.29) is 0 Å². The fourth-order valence-electron chi connectivity index (χ4n) is 8.36. The van der Waals surface area contributed by atoms with Gasteiger partial charge < -0.3 is 8.98 Å². The highest BCUT2D eigenvalue weighted by Crippen LogP contribution is 2.43. The Morgan fingerprint density at radius 2 is 1.02 bits per heavy atom. The van der Waals surface area contributed by atoms with Crippen molar-refractivity contribution < 1.29 is 4.42 Å². The smallest absolute Gasteiger partial charge is 0.167 e. The van der Waals surface area contributed by atoms with Crippen molar-refractivity contribution in [3.63, 3.8) is 0 Å². The van der Waals surface area contributed by atoms with Crippen LogP contribution in [0.5, 0.6) is 0 Å². The molecule has 12 aromatic rings. The maximum Gasteiger partial charge on any atom is 0.167 e. The van der Waals surface area contributed by atoms with Crippen LogP contribution in [0.3, 0.4) is 0 Å². The van der Waals surface area contributed by atoms with Gasteiger partial charge in [-0.2, -0.15) is 0 Å². The second-order valence-corrected chi connectivity index (χ2v) is 15.5. The molecule has 0 fully saturated rings. The van der Waals surface area contributed by atoms with Crippen LogP contribution < -0.4 is 0 Å². The summed E-state index contributed by atoms with van der Waals surface area (Å²) in [5.74, 6) is 1.80. The van der Waals surface area contributed by atoms with Crippen molar-refractivity contribution in [1.82, 2.24) is 19.5 Å². The van der Waals surface area contributed by atoms with E-state index >= 15 is 0 Å². The first-order valence-electron chi connectivity index (χ1n) is 19.0. The van der Waals surface area contributed by atoms with Crippen molar-refractivity contribution in [2.75, 3.05) is 0 Å². The van der Waals surface area contributed by atoms with E-state index in [1.165, 1.54) is 42.0 Å². The summed E-state index contributed by atoms with van der Waals surface area (Å²) in [4.78, 5) is 14.9. The summed E-state index contributed by atoms with van der Waals surface area (Å²) in [7, 11) is 0. The topological polar surface area (TPSA) is 56.7 Å². The molecule has 0 radical (unpaired) electrons. The zero-order valence-electron chi connectivity index (χ0n) is 30.4. The van der Waals surface area contributed by atoms with Crippen LogP contribution in [0.25, 0.3) is 115 Å². The highest BCUT2D eigenvalue weighted by molar-refractivity contribution is 7.25. The van der Waals surface area contributed by atoms with Crippen molar-refractivity contribution in [1.29, 1.82) is 0 Å². The average Bonchev–Trinajstić information content (AvgIpc) is 3.94. The van der Waals surface area contributed by atoms with Crippen LogP contribution in [0.4, 0.5) is 0 Å². The fraction of sp³-hybridized carbons (Fsp3) is 0. The molecule has 0 bridgehead atoms. The van der Waals surface area contributed by atoms with Crippen LogP contribution in [-0.2, 0) is 0 Å². The Kier molecular flexibility index (Phi) is 7.03. The number of furan rings is 1. The van der Waals surface area contributed by atoms with E-state index in [0.29, 0.717) is 17.5 Å². The van der Waals surface area contributed by atoms with E-state index < -0.39 is 0 Å². The first-order valence-corrected chi connectivity index (χ1v) is 19.8. The zero-order chi connectivity index (χ0) is 37.5. The summed E-state index contributed by atoms with van der Waals surface area (Å²) >= 11 is 1.86. The van der Waals surface area contributed by atoms with E-state index in [9.17, 15) is 0 Å². The lowest BCUT2D eigenvalue weighted by Crippen LogP contribution is -2.00. The van der Waals surface area contributed by atoms with Crippen LogP contribution in [0.1, 0.15) is 0 Å². The summed E-state index contributed by atoms with van der Waals surface area (Å²) in [6.45, 7) is 0. The van der Waals surface area contributed by atoms with Crippen LogP contribution in [0.15, 0.2) is 186 Å². The van der Waals surface area contributed by atoms with Crippen molar-refractivity contribution >= 4 is 75.3 Å². The predicted molar refractivity (Wildman–Crippen MR) is 236 cm³/mol. The highest BCUT2D eigenvalue weighted by atomic mass is 32.1. The Balaban J connectivity index is 1.03. The largest absolute Gasteiger partial charge is 0.455 e. The van der Waals surface area contributed by atoms with Crippen LogP contribution >= 0.6 is 11.3 Å². The number of para-hydroxylation sites is 2. The summed E-state index contributed by atoms with van der Waals surface area (Å²) in [5, 5.41) is 7.12. The van der Waals surface area contributed by atoms with Crippen LogP contribution in [0, 0.1) is 0 Å². The molecule has 0 aliphatic heterocycles. The van der Waals surface area contributed by atoms with E-state index in [0.717, 1.165) is 55.4 Å². The Morgan fingerprint density at radius 1 is 0.386 bits per heavy atom. The second kappa shape index (κ2) is 12.6. The molecule has 4 heterocycles. The van der Waals surface area contributed by atoms with Gasteiger partial charge in [-0.3, -0.25) is 0 Å². The number of rotatable bonds is 5. The lowest BCUT2D eigenvalue weighted by molar-refractivity contribution is 0.669. The molecule has 0 aliphatic rings. The normalized spacial score (nSPS) is 11.9. The summed E-state index contributed by atoms with van der Waals surface area (Å²) in [5.41, 5.74) is 10.00. The molecule has 0 saturated heterocycles. The van der Waals surface area contributed by atoms with Gasteiger partial charge in [0.1, 0.15) is 11.2 Å². The monoisotopic (exact) mass is 746 g/mol. The molecule has 0 aliphatic carbocycles. The first kappa shape index (κ1) is 31.9. The third-order valence-corrected chi connectivity index (χ3v) is 12.2. The minimum Gasteiger partial charge on any atom is -0.455 e. The molecule has 0 saturated carbocycles. The molecule has 0 unspecified atom stereocenters. The third-order valence-electron chi connectivity index (χ3n) is 11.1. The van der Waals surface area contributed by atoms with Crippen molar-refractivity contribution in [2.24, 2.45) is 0 Å². The van der Waals surface area contributed by atoms with Gasteiger partial charge in [0.2, 0.25) is 0 Å². The number of aromatic nitrogens is 4. The molecule has 0 atom stereocenters. The van der Waals surface area contributed by atoms with E-state index in [2.05, 4.69) is 120 Å². The van der Waals surface area contributed by atoms with Gasteiger partial charge in [0.15, 0.2) is 17.5 Å². The molecule has 57 heavy (non-hydrogen) atoms. The van der Waals surface area contributed by atoms with E-state index in [1.54, 1.807) is 0 Å². The fourth-order valence-corrected chi connectivity index (χ4v) is 9.48. The lowest BCUT2D eigenvalue weighted by Gasteiger charge is -2.08. The van der Waals surface area contributed by atoms with Gasteiger partial charge in [0.25, 0.3) is 0 Å². The molecule has 266 valence electrons. The number of benzene rings is 8. The molecule has 0 spiro atoms. The van der Waals surface area contributed by atoms with Crippen molar-refractivity contribution in [2.45, 2.75) is 0 Å². The molecule has 0 amide bonds. The van der Waals surface area contributed by atoms with E-state index in [4.69, 9.17) is 19.4 Å². The van der Waals surface area contributed by atoms with E-state index in [1.807, 2.05) is 78.1 Å². The minimum absolute atomic E-state index is 0.570. The number of fused-ring (bicyclic) bond motifs is 9. The zero-order valence-corrected chi connectivity index (χ0v) is 31.2. The lowest BCUT2D eigenvalue weighted by atomic mass is 10.0. The minimum atomic E-state index is 0.570. The molecule has 4 aromatic heterocycles. The third kappa shape index (κ3) is 5.12. The van der Waals surface area contributed by atoms with Gasteiger partial charge >= 0.3 is 0 Å². The van der Waals surface area contributed by atoms with Crippen LogP contribution in [0.2, 0.25) is 0 Å². The number of hydrogen-bond donors (Lipinski definition) is 0. The Morgan fingerprint density at radius 3 is 1.79 bits per heavy atom. The van der Waals surface area contributed by atoms with Gasteiger partial charge in [-0.1, -0.05) is 121 Å². The molecule has 6 heteroatoms. The SMILES string of the molecule is c1ccc(-c2nc(-c3ccccc3)nc(-c3cccc4c3oc3cc(-c5ccc6c(c5)c5cc7c(cc5n6-c5ccccc5)sc5ccccc57)ccc34)n2)cc1. The quantitative estimate of drug-likeness (QED) is 0.176. The van der Waals surface area contributed by atoms with Gasteiger partial charge in [0.05, 0.1) is 16.6 Å². The average molecular weight is 747 g/mol. The van der Waals surface area contributed by atoms with Crippen molar-refractivity contribution in [3.8, 4) is 51.0 Å². The summed E-state index contributed by atoms with van der Waals surface area (Å²) in [6.07, 6.45) is 0. The molecular formula is C51H30N4OS. The van der Waals surface area contributed by atoms with Crippen molar-refractivity contribution in [3.05, 3.63) is 182 Å². The molecule has 8 aromatic carbocycles. The number of nitrogens with zero attached hydrogens (tertiary/aromatic N) is 4. The summed E-state index contributed by atoms with van der Waals surface area (Å²) < 4.78 is 11.8.